The molecule has 1 aliphatic heterocycles. The van der Waals surface area contributed by atoms with Gasteiger partial charge in [-0.1, -0.05) is 0 Å². The Morgan fingerprint density at radius 1 is 1.80 bits per heavy atom. The van der Waals surface area contributed by atoms with Crippen molar-refractivity contribution in [3.63, 3.8) is 0 Å². The molecule has 0 radical (unpaired) electrons. The van der Waals surface area contributed by atoms with Gasteiger partial charge in [0.05, 0.1) is 0 Å². The third-order valence-electron chi connectivity index (χ3n) is 0.595. The predicted molar refractivity (Wildman–Crippen MR) is 22.4 cm³/mol. The van der Waals surface area contributed by atoms with Crippen LogP contribution in [0.4, 0.5) is 0 Å². The van der Waals surface area contributed by atoms with Crippen LogP contribution in [-0.4, -0.2) is 33.2 Å². The Morgan fingerprint density at radius 3 is 3.00 bits per heavy atom. The van der Waals surface area contributed by atoms with Crippen molar-refractivity contribution in [1.82, 2.24) is 0 Å². The molecule has 26 valence electrons. The van der Waals surface area contributed by atoms with E-state index in [4.69, 9.17) is 2.85 Å². The molecule has 0 aromatic rings. The van der Waals surface area contributed by atoms with Crippen LogP contribution in [0.15, 0.2) is 0 Å². The van der Waals surface area contributed by atoms with Crippen molar-refractivity contribution in [3.05, 3.63) is 0 Å². The second-order valence-electron chi connectivity index (χ2n) is 1.03. The van der Waals surface area contributed by atoms with Crippen LogP contribution in [0.1, 0.15) is 6.42 Å². The molecule has 5 heavy (non-hydrogen) atoms. The van der Waals surface area contributed by atoms with Gasteiger partial charge in [0.25, 0.3) is 0 Å². The van der Waals surface area contributed by atoms with Gasteiger partial charge in [-0.15, -0.1) is 0 Å². The van der Waals surface area contributed by atoms with E-state index in [9.17, 15) is 0 Å². The molecule has 0 saturated heterocycles. The van der Waals surface area contributed by atoms with E-state index < -0.39 is 22.9 Å². The summed E-state index contributed by atoms with van der Waals surface area (Å²) in [5.41, 5.74) is 0. The van der Waals surface area contributed by atoms with Crippen molar-refractivity contribution in [2.24, 2.45) is 0 Å². The van der Waals surface area contributed by atoms with E-state index in [0.717, 1.165) is 6.61 Å². The van der Waals surface area contributed by atoms with E-state index in [0.29, 0.717) is 0 Å². The summed E-state index contributed by atoms with van der Waals surface area (Å²) >= 11 is -0.434. The van der Waals surface area contributed by atoms with E-state index >= 15 is 0 Å². The molecule has 1 nitrogen and oxygen atoms in total. The molecule has 1 aliphatic rings. The average Bonchev–Trinajstić information content (AvgIpc) is 1.76. The first kappa shape index (κ1) is 3.72. The van der Waals surface area contributed by atoms with E-state index in [1.54, 1.807) is 0 Å². The van der Waals surface area contributed by atoms with Gasteiger partial charge in [0.15, 0.2) is 0 Å². The summed E-state index contributed by atoms with van der Waals surface area (Å²) in [6, 6.07) is 0. The fraction of sp³-hybridized carbons (Fsp3) is 0.667. The summed E-state index contributed by atoms with van der Waals surface area (Å²) < 4.78 is 7.41. The average molecular weight is 172 g/mol. The maximum atomic E-state index is 5.08. The Balaban J connectivity index is 2.32. The molecule has 0 atom stereocenters. The second-order valence-corrected chi connectivity index (χ2v) is 4.10. The van der Waals surface area contributed by atoms with Gasteiger partial charge in [0.2, 0.25) is 0 Å². The van der Waals surface area contributed by atoms with Gasteiger partial charge in [0, 0.05) is 0 Å². The van der Waals surface area contributed by atoms with Crippen LogP contribution in [0.5, 0.6) is 0 Å². The van der Waals surface area contributed by atoms with E-state index in [2.05, 4.69) is 3.76 Å². The molecular formula is C3H5InO. The first-order valence-electron chi connectivity index (χ1n) is 1.77. The summed E-state index contributed by atoms with van der Waals surface area (Å²) in [7, 11) is 0. The summed E-state index contributed by atoms with van der Waals surface area (Å²) in [4.78, 5) is 0. The predicted octanol–water partition coefficient (Wildman–Crippen LogP) is -0.172. The van der Waals surface area contributed by atoms with Gasteiger partial charge in [-0.05, 0) is 0 Å². The maximum absolute atomic E-state index is 5.08. The van der Waals surface area contributed by atoms with Crippen molar-refractivity contribution in [3.8, 4) is 0 Å². The quantitative estimate of drug-likeness (QED) is 0.492. The molecule has 0 spiro atoms. The van der Waals surface area contributed by atoms with Crippen LogP contribution in [-0.2, 0) is 2.85 Å². The third kappa shape index (κ3) is 0.954. The molecule has 1 rings (SSSR count). The molecule has 1 heterocycles. The first-order chi connectivity index (χ1) is 2.50. The number of hydrogen-bond acceptors (Lipinski definition) is 1. The van der Waals surface area contributed by atoms with Crippen LogP contribution in [0.3, 0.4) is 0 Å². The molecule has 0 aromatic carbocycles. The molecule has 0 aromatic heterocycles. The third-order valence-corrected chi connectivity index (χ3v) is 3.32. The normalized spacial score (nSPS) is 17.6. The summed E-state index contributed by atoms with van der Waals surface area (Å²) in [5, 5.41) is 0. The Kier molecular flexibility index (Phi) is 1.38. The fourth-order valence-electron chi connectivity index (χ4n) is 0.340. The van der Waals surface area contributed by atoms with Crippen LogP contribution in [0, 0.1) is 0 Å². The minimum absolute atomic E-state index is 0.434. The van der Waals surface area contributed by atoms with Crippen molar-refractivity contribution >= 4 is 26.6 Å². The summed E-state index contributed by atoms with van der Waals surface area (Å²) in [6.45, 7) is 1.03. The number of hydrogen-bond donors (Lipinski definition) is 0. The van der Waals surface area contributed by atoms with Gasteiger partial charge >= 0.3 is 42.5 Å². The zero-order valence-electron chi connectivity index (χ0n) is 2.98. The van der Waals surface area contributed by atoms with Crippen LogP contribution < -0.4 is 0 Å². The molecule has 0 bridgehead atoms. The van der Waals surface area contributed by atoms with Crippen molar-refractivity contribution in [1.29, 1.82) is 0 Å². The van der Waals surface area contributed by atoms with E-state index in [1.807, 2.05) is 0 Å². The molecular weight excluding hydrogens is 167 g/mol. The van der Waals surface area contributed by atoms with Gasteiger partial charge in [-0.25, -0.2) is 0 Å². The van der Waals surface area contributed by atoms with Gasteiger partial charge in [-0.3, -0.25) is 0 Å². The van der Waals surface area contributed by atoms with E-state index in [-0.39, 0.29) is 0 Å². The summed E-state index contributed by atoms with van der Waals surface area (Å²) in [6.07, 6.45) is 1.24. The molecule has 0 aliphatic carbocycles. The van der Waals surface area contributed by atoms with E-state index in [1.165, 1.54) is 6.42 Å². The van der Waals surface area contributed by atoms with Gasteiger partial charge in [0.1, 0.15) is 0 Å². The van der Waals surface area contributed by atoms with Gasteiger partial charge < -0.3 is 0 Å². The second kappa shape index (κ2) is 1.85. The van der Waals surface area contributed by atoms with Crippen molar-refractivity contribution < 1.29 is 2.85 Å². The van der Waals surface area contributed by atoms with Crippen LogP contribution in [0.25, 0.3) is 0 Å². The Bertz CT molecular complexity index is 44.9. The van der Waals surface area contributed by atoms with Crippen LogP contribution in [0.2, 0.25) is 0 Å². The molecule has 0 fully saturated rings. The molecule has 2 heteroatoms. The Labute approximate surface area is 42.8 Å². The SMILES string of the molecule is [CH]1=[In][O]CC1. The van der Waals surface area contributed by atoms with Crippen LogP contribution >= 0.6 is 0 Å². The van der Waals surface area contributed by atoms with Gasteiger partial charge in [-0.2, -0.15) is 0 Å². The standard InChI is InChI=1S/C3H5O.In/c1-2-3-4;/h1H,2-3H2;/q-1;+1. The Hall–Kier alpha value is 0.540. The molecule has 0 amide bonds. The molecule has 0 saturated carbocycles. The number of rotatable bonds is 0. The molecule has 0 N–H and O–H groups in total. The fourth-order valence-corrected chi connectivity index (χ4v) is 2.28. The summed E-state index contributed by atoms with van der Waals surface area (Å²) in [5.74, 6) is 0. The monoisotopic (exact) mass is 172 g/mol. The van der Waals surface area contributed by atoms with Crippen molar-refractivity contribution in [2.75, 3.05) is 6.61 Å². The first-order valence-corrected chi connectivity index (χ1v) is 5.01. The zero-order valence-corrected chi connectivity index (χ0v) is 6.27. The zero-order chi connectivity index (χ0) is 3.54. The minimum atomic E-state index is -0.434. The topological polar surface area (TPSA) is 9.23 Å². The molecule has 0 unspecified atom stereocenters. The van der Waals surface area contributed by atoms with Crippen molar-refractivity contribution in [2.45, 2.75) is 6.42 Å². The Morgan fingerprint density at radius 2 is 2.80 bits per heavy atom.